The number of aromatic nitrogens is 3. The normalized spacial score (nSPS) is 26.7. The molecule has 20 heteroatoms. The van der Waals surface area contributed by atoms with Gasteiger partial charge in [-0.15, -0.1) is 10.2 Å². The number of aryl methyl sites for hydroxylation is 1. The van der Waals surface area contributed by atoms with E-state index in [1.54, 1.807) is 37.5 Å². The first kappa shape index (κ1) is 55.7. The van der Waals surface area contributed by atoms with Crippen LogP contribution in [-0.2, 0) is 57.2 Å². The molecule has 8 aliphatic rings. The van der Waals surface area contributed by atoms with E-state index >= 15 is 17.6 Å². The quantitative estimate of drug-likeness (QED) is 0.0970. The summed E-state index contributed by atoms with van der Waals surface area (Å²) in [5.74, 6) is -0.306. The predicted molar refractivity (Wildman–Crippen MR) is 295 cm³/mol. The summed E-state index contributed by atoms with van der Waals surface area (Å²) >= 11 is 0. The largest absolute Gasteiger partial charge is 0.416 e. The topological polar surface area (TPSA) is 149 Å². The van der Waals surface area contributed by atoms with Crippen molar-refractivity contribution in [1.82, 2.24) is 39.7 Å². The number of fused-ring (bicyclic) bond motifs is 2. The van der Waals surface area contributed by atoms with Gasteiger partial charge >= 0.3 is 6.18 Å². The lowest BCUT2D eigenvalue weighted by Gasteiger charge is -2.50. The van der Waals surface area contributed by atoms with E-state index in [0.717, 1.165) is 109 Å². The maximum atomic E-state index is 16.1. The van der Waals surface area contributed by atoms with Gasteiger partial charge < -0.3 is 28.7 Å². The summed E-state index contributed by atoms with van der Waals surface area (Å²) in [6.07, 6.45) is 6.19. The minimum absolute atomic E-state index is 0.00821. The number of carbonyl (C=O) groups excluding carboxylic acids is 4. The second kappa shape index (κ2) is 22.1. The summed E-state index contributed by atoms with van der Waals surface area (Å²) in [5, 5.41) is 10.6. The summed E-state index contributed by atoms with van der Waals surface area (Å²) < 4.78 is 75.6. The van der Waals surface area contributed by atoms with Crippen LogP contribution in [0.3, 0.4) is 0 Å². The first-order valence-corrected chi connectivity index (χ1v) is 29.5. The van der Waals surface area contributed by atoms with Crippen LogP contribution in [0.5, 0.6) is 0 Å². The average molecular weight is 1120 g/mol. The number of imide groups is 1. The Morgan fingerprint density at radius 3 is 2.31 bits per heavy atom. The number of hydrogen-bond acceptors (Lipinski definition) is 12. The van der Waals surface area contributed by atoms with Crippen molar-refractivity contribution in [3.63, 3.8) is 0 Å². The Bertz CT molecular complexity index is 3060. The first-order chi connectivity index (χ1) is 38.8. The molecule has 1 aromatic heterocycles. The minimum atomic E-state index is -4.64. The molecule has 81 heavy (non-hydrogen) atoms. The number of nitrogens with one attached hydrogen (secondary N) is 1. The smallest absolute Gasteiger partial charge is 0.379 e. The number of amides is 4. The van der Waals surface area contributed by atoms with Gasteiger partial charge in [0, 0.05) is 112 Å². The van der Waals surface area contributed by atoms with Crippen molar-refractivity contribution in [1.29, 1.82) is 0 Å². The molecule has 1 N–H and O–H groups in total. The van der Waals surface area contributed by atoms with Gasteiger partial charge in [-0.05, 0) is 150 Å². The fraction of sp³-hybridized carbons (Fsp3) is 0.607. The zero-order valence-electron chi connectivity index (χ0n) is 47.1. The Kier molecular flexibility index (Phi) is 15.2. The van der Waals surface area contributed by atoms with Crippen LogP contribution in [0.4, 0.5) is 28.9 Å². The van der Waals surface area contributed by atoms with Crippen LogP contribution in [0.15, 0.2) is 54.9 Å². The minimum Gasteiger partial charge on any atom is -0.379 e. The van der Waals surface area contributed by atoms with Crippen LogP contribution >= 0.6 is 0 Å². The maximum Gasteiger partial charge on any atom is 0.416 e. The van der Waals surface area contributed by atoms with E-state index in [1.807, 2.05) is 34.7 Å². The standard InChI is InChI=1S/C61H76F4N10O6/c1-38-54-47(58(79)75(38)43-9-5-8-42(27-43)60(35-80-36-60)28-52-68-66-37-69(52)4)25-41(26-49(54)61(63,64)65)31-70-20-6-7-40(30-70)32-73-24-23-71(34-59(73,2)3)29-39-10-12-44(13-11-39)81-45-18-21-72(22-19-45)50-15-14-46-48(55(50)62)33-74(57(46)78)51-16-17-53(76)67-56(51)77/h5,8-9,14-15,25-27,37-40,44-45,51H,6-7,10-13,16-24,28-36H2,1-4H3,(H,67,76,77)/t38?,39?,40-,44?,51?/m0/s1. The van der Waals surface area contributed by atoms with Gasteiger partial charge in [0.25, 0.3) is 11.8 Å². The number of benzene rings is 3. The number of piperidine rings is 3. The van der Waals surface area contributed by atoms with E-state index < -0.39 is 41.5 Å². The van der Waals surface area contributed by atoms with Crippen LogP contribution in [0.25, 0.3) is 0 Å². The highest BCUT2D eigenvalue weighted by Gasteiger charge is 2.47. The van der Waals surface area contributed by atoms with Gasteiger partial charge in [-0.2, -0.15) is 13.2 Å². The van der Waals surface area contributed by atoms with E-state index in [0.29, 0.717) is 73.6 Å². The highest BCUT2D eigenvalue weighted by molar-refractivity contribution is 6.11. The molecule has 8 heterocycles. The fourth-order valence-corrected chi connectivity index (χ4v) is 14.9. The highest BCUT2D eigenvalue weighted by Crippen LogP contribution is 2.47. The third kappa shape index (κ3) is 11.0. The maximum absolute atomic E-state index is 16.1. The number of halogens is 4. The zero-order valence-corrected chi connectivity index (χ0v) is 47.1. The molecule has 4 amide bonds. The molecular formula is C61H76F4N10O6. The van der Waals surface area contributed by atoms with Gasteiger partial charge in [-0.1, -0.05) is 12.1 Å². The van der Waals surface area contributed by atoms with Crippen LogP contribution < -0.4 is 15.1 Å². The Balaban J connectivity index is 0.603. The lowest BCUT2D eigenvalue weighted by atomic mass is 9.75. The van der Waals surface area contributed by atoms with E-state index in [-0.39, 0.29) is 71.1 Å². The van der Waals surface area contributed by atoms with E-state index in [4.69, 9.17) is 9.47 Å². The van der Waals surface area contributed by atoms with Crippen molar-refractivity contribution < 1.29 is 46.2 Å². The Morgan fingerprint density at radius 2 is 1.60 bits per heavy atom. The second-order valence-electron chi connectivity index (χ2n) is 25.3. The molecule has 0 bridgehead atoms. The van der Waals surface area contributed by atoms with E-state index in [2.05, 4.69) is 44.1 Å². The molecule has 0 spiro atoms. The fourth-order valence-electron chi connectivity index (χ4n) is 14.9. The first-order valence-electron chi connectivity index (χ1n) is 29.5. The summed E-state index contributed by atoms with van der Waals surface area (Å²) in [5.41, 5.74) is 2.06. The monoisotopic (exact) mass is 1120 g/mol. The second-order valence-corrected chi connectivity index (χ2v) is 25.3. The molecule has 12 rings (SSSR count). The summed E-state index contributed by atoms with van der Waals surface area (Å²) in [4.78, 5) is 64.3. The number of likely N-dealkylation sites (tertiary alicyclic amines) is 1. The number of rotatable bonds is 14. The van der Waals surface area contributed by atoms with Crippen molar-refractivity contribution in [3.8, 4) is 0 Å². The zero-order chi connectivity index (χ0) is 56.5. The van der Waals surface area contributed by atoms with Gasteiger partial charge in [0.15, 0.2) is 5.82 Å². The molecule has 434 valence electrons. The molecule has 3 aromatic carbocycles. The molecule has 5 saturated heterocycles. The van der Waals surface area contributed by atoms with Crippen molar-refractivity contribution in [2.24, 2.45) is 18.9 Å². The summed E-state index contributed by atoms with van der Waals surface area (Å²) in [7, 11) is 1.89. The van der Waals surface area contributed by atoms with Crippen molar-refractivity contribution in [2.75, 3.05) is 81.9 Å². The number of carbonyl (C=O) groups is 4. The predicted octanol–water partition coefficient (Wildman–Crippen LogP) is 7.82. The molecule has 1 saturated carbocycles. The van der Waals surface area contributed by atoms with Crippen LogP contribution in [0.1, 0.15) is 145 Å². The van der Waals surface area contributed by atoms with Crippen LogP contribution in [-0.4, -0.2) is 154 Å². The third-order valence-corrected chi connectivity index (χ3v) is 19.3. The Labute approximate surface area is 471 Å². The number of alkyl halides is 3. The van der Waals surface area contributed by atoms with Gasteiger partial charge in [0.1, 0.15) is 18.2 Å². The molecule has 2 unspecified atom stereocenters. The molecule has 6 fully saturated rings. The van der Waals surface area contributed by atoms with Crippen molar-refractivity contribution in [3.05, 3.63) is 105 Å². The SMILES string of the molecule is CC1c2c(cc(CN3CCC[C@H](CN4CCN(CC5CCC(OC6CCN(c7ccc8c(c7F)CN(C7CCC(=O)NC7=O)C8=O)CC6)CC5)CC4(C)C)C3)cc2C(F)(F)F)C(=O)N1c1cccc(C2(Cc3nncn3C)COC2)c1. The molecule has 7 aliphatic heterocycles. The number of anilines is 2. The van der Waals surface area contributed by atoms with E-state index in [1.165, 1.54) is 15.9 Å². The number of hydrogen-bond donors (Lipinski definition) is 1. The average Bonchev–Trinajstić information content (AvgIpc) is 4.27. The molecular weight excluding hydrogens is 1040 g/mol. The molecule has 4 aromatic rings. The lowest BCUT2D eigenvalue weighted by Crippen LogP contribution is -2.61. The van der Waals surface area contributed by atoms with Crippen LogP contribution in [0, 0.1) is 17.7 Å². The number of piperazine rings is 1. The van der Waals surface area contributed by atoms with Gasteiger partial charge in [-0.3, -0.25) is 39.2 Å². The Morgan fingerprint density at radius 1 is 0.827 bits per heavy atom. The summed E-state index contributed by atoms with van der Waals surface area (Å²) in [6, 6.07) is 12.3. The number of nitrogens with zero attached hydrogens (tertiary/aromatic N) is 9. The highest BCUT2D eigenvalue weighted by atomic mass is 19.4. The summed E-state index contributed by atoms with van der Waals surface area (Å²) in [6.45, 7) is 15.4. The number of ether oxygens (including phenoxy) is 2. The van der Waals surface area contributed by atoms with Crippen LogP contribution in [0.2, 0.25) is 0 Å². The molecule has 0 radical (unpaired) electrons. The van der Waals surface area contributed by atoms with E-state index in [9.17, 15) is 19.2 Å². The van der Waals surface area contributed by atoms with Gasteiger partial charge in [0.2, 0.25) is 11.8 Å². The van der Waals surface area contributed by atoms with Crippen molar-refractivity contribution in [2.45, 2.75) is 146 Å². The molecule has 3 atom stereocenters. The van der Waals surface area contributed by atoms with Crippen molar-refractivity contribution >= 4 is 35.0 Å². The Hall–Kier alpha value is -5.80. The third-order valence-electron chi connectivity index (χ3n) is 19.3. The lowest BCUT2D eigenvalue weighted by molar-refractivity contribution is -0.139. The van der Waals surface area contributed by atoms with Gasteiger partial charge in [0.05, 0.1) is 49.3 Å². The van der Waals surface area contributed by atoms with Gasteiger partial charge in [-0.25, -0.2) is 4.39 Å². The molecule has 16 nitrogen and oxygen atoms in total. The molecule has 1 aliphatic carbocycles.